The second-order valence-electron chi connectivity index (χ2n) is 12.2. The average molecular weight is 613 g/mol. The largest absolute Gasteiger partial charge is 0.310 e. The summed E-state index contributed by atoms with van der Waals surface area (Å²) in [6, 6.07) is 65.1. The van der Waals surface area contributed by atoms with Gasteiger partial charge in [-0.1, -0.05) is 114 Å². The first-order valence-corrected chi connectivity index (χ1v) is 18.1. The Labute approximate surface area is 274 Å². The topological polar surface area (TPSA) is 3.24 Å². The summed E-state index contributed by atoms with van der Waals surface area (Å²) in [5, 5.41) is 6.83. The van der Waals surface area contributed by atoms with E-state index in [1.165, 1.54) is 43.4 Å². The zero-order valence-electron chi connectivity index (χ0n) is 26.6. The van der Waals surface area contributed by atoms with E-state index in [2.05, 4.69) is 195 Å². The van der Waals surface area contributed by atoms with Crippen LogP contribution in [0.3, 0.4) is 0 Å². The number of fused-ring (bicyclic) bond motifs is 1. The predicted octanol–water partition coefficient (Wildman–Crippen LogP) is 10.5. The number of rotatable bonds is 9. The fourth-order valence-electron chi connectivity index (χ4n) is 6.59. The smallest absolute Gasteiger partial charge is 0.112 e. The van der Waals surface area contributed by atoms with Crippen molar-refractivity contribution in [2.24, 2.45) is 0 Å². The van der Waals surface area contributed by atoms with Gasteiger partial charge in [0.05, 0.1) is 6.16 Å². The molecule has 224 valence electrons. The monoisotopic (exact) mass is 612 g/mol. The van der Waals surface area contributed by atoms with Gasteiger partial charge in [-0.05, 0) is 103 Å². The molecule has 7 rings (SSSR count). The van der Waals surface area contributed by atoms with Gasteiger partial charge in [0.2, 0.25) is 0 Å². The number of nitrogens with zero attached hydrogens (tertiary/aromatic N) is 1. The molecule has 0 aliphatic heterocycles. The third-order valence-electron chi connectivity index (χ3n) is 9.06. The number of hydrogen-bond donors (Lipinski definition) is 0. The van der Waals surface area contributed by atoms with Crippen molar-refractivity contribution in [3.8, 4) is 0 Å². The number of hydrogen-bond acceptors (Lipinski definition) is 1. The lowest BCUT2D eigenvalue weighted by atomic mass is 10.0. The maximum atomic E-state index is 2.40. The third-order valence-corrected chi connectivity index (χ3v) is 13.5. The second-order valence-corrected chi connectivity index (χ2v) is 15.8. The Kier molecular flexibility index (Phi) is 8.51. The van der Waals surface area contributed by atoms with Crippen LogP contribution in [-0.4, -0.2) is 6.16 Å². The molecule has 2 heteroatoms. The van der Waals surface area contributed by atoms with Crippen molar-refractivity contribution in [1.82, 2.24) is 0 Å². The van der Waals surface area contributed by atoms with Gasteiger partial charge in [-0.3, -0.25) is 0 Å². The minimum absolute atomic E-state index is 1.00. The lowest BCUT2D eigenvalue weighted by Crippen LogP contribution is -2.34. The van der Waals surface area contributed by atoms with Gasteiger partial charge in [0, 0.05) is 23.5 Å². The van der Waals surface area contributed by atoms with E-state index in [0.29, 0.717) is 0 Å². The summed E-state index contributed by atoms with van der Waals surface area (Å²) in [5.41, 5.74) is 7.38. The molecule has 0 aliphatic rings. The highest BCUT2D eigenvalue weighted by atomic mass is 31.2. The number of aryl methyl sites for hydroxylation is 3. The van der Waals surface area contributed by atoms with Crippen LogP contribution >= 0.6 is 7.26 Å². The first-order valence-electron chi connectivity index (χ1n) is 16.1. The standard InChI is InChI=1S/C44H39NP/c1-34-18-25-39(26-19-34)45(40-27-20-35(2)21-28-40)41-29-24-37-32-36(22-23-38(37)33-41)30-31-46(42-12-6-3-7-13-42,43-14-8-4-9-15-43)44-16-10-5-11-17-44/h3-29,32-33H,30-31H2,1-2H3/q+1. The van der Waals surface area contributed by atoms with Crippen molar-refractivity contribution in [1.29, 1.82) is 0 Å². The molecule has 7 aromatic rings. The van der Waals surface area contributed by atoms with Crippen molar-refractivity contribution in [2.75, 3.05) is 11.1 Å². The van der Waals surface area contributed by atoms with Gasteiger partial charge in [-0.25, -0.2) is 0 Å². The van der Waals surface area contributed by atoms with Crippen molar-refractivity contribution in [2.45, 2.75) is 20.3 Å². The molecule has 0 amide bonds. The Morgan fingerprint density at radius 3 is 1.30 bits per heavy atom. The van der Waals surface area contributed by atoms with E-state index in [0.717, 1.165) is 29.6 Å². The van der Waals surface area contributed by atoms with Crippen LogP contribution < -0.4 is 20.8 Å². The van der Waals surface area contributed by atoms with Gasteiger partial charge in [0.1, 0.15) is 23.2 Å². The van der Waals surface area contributed by atoms with Crippen LogP contribution in [0.25, 0.3) is 10.8 Å². The SMILES string of the molecule is Cc1ccc(N(c2ccc(C)cc2)c2ccc3cc(CC[P+](c4ccccc4)(c4ccccc4)c4ccccc4)ccc3c2)cc1. The number of benzene rings is 7. The molecule has 0 N–H and O–H groups in total. The third kappa shape index (κ3) is 6.00. The lowest BCUT2D eigenvalue weighted by molar-refractivity contribution is 1.15. The highest BCUT2D eigenvalue weighted by Gasteiger charge is 2.44. The van der Waals surface area contributed by atoms with Gasteiger partial charge in [0.15, 0.2) is 0 Å². The molecule has 0 unspecified atom stereocenters. The Morgan fingerprint density at radius 1 is 0.413 bits per heavy atom. The quantitative estimate of drug-likeness (QED) is 0.147. The van der Waals surface area contributed by atoms with Gasteiger partial charge in [-0.2, -0.15) is 0 Å². The maximum Gasteiger partial charge on any atom is 0.112 e. The van der Waals surface area contributed by atoms with Gasteiger partial charge < -0.3 is 4.90 Å². The van der Waals surface area contributed by atoms with Crippen LogP contribution in [0.15, 0.2) is 176 Å². The Hall–Kier alpha value is -4.97. The van der Waals surface area contributed by atoms with Crippen LogP contribution in [-0.2, 0) is 6.42 Å². The van der Waals surface area contributed by atoms with Crippen LogP contribution in [0.5, 0.6) is 0 Å². The summed E-state index contributed by atoms with van der Waals surface area (Å²) in [6.07, 6.45) is 2.08. The van der Waals surface area contributed by atoms with Gasteiger partial charge in [-0.15, -0.1) is 0 Å². The summed E-state index contributed by atoms with van der Waals surface area (Å²) in [5.74, 6) is 0. The molecule has 0 radical (unpaired) electrons. The molecule has 46 heavy (non-hydrogen) atoms. The molecule has 0 saturated carbocycles. The van der Waals surface area contributed by atoms with Crippen molar-refractivity contribution >= 4 is 51.0 Å². The van der Waals surface area contributed by atoms with E-state index in [1.807, 2.05) is 0 Å². The van der Waals surface area contributed by atoms with Crippen molar-refractivity contribution in [3.05, 3.63) is 193 Å². The summed E-state index contributed by atoms with van der Waals surface area (Å²) < 4.78 is 0. The summed E-state index contributed by atoms with van der Waals surface area (Å²) >= 11 is 0. The Balaban J connectivity index is 1.25. The normalized spacial score (nSPS) is 11.4. The van der Waals surface area contributed by atoms with E-state index >= 15 is 0 Å². The minimum Gasteiger partial charge on any atom is -0.310 e. The first-order chi connectivity index (χ1) is 22.6. The minimum atomic E-state index is -1.88. The molecular formula is C44H39NP+. The second kappa shape index (κ2) is 13.2. The maximum absolute atomic E-state index is 2.40. The van der Waals surface area contributed by atoms with Crippen molar-refractivity contribution in [3.63, 3.8) is 0 Å². The van der Waals surface area contributed by atoms with Crippen molar-refractivity contribution < 1.29 is 0 Å². The molecule has 0 heterocycles. The lowest BCUT2D eigenvalue weighted by Gasteiger charge is -2.28. The zero-order chi connectivity index (χ0) is 31.3. The Morgan fingerprint density at radius 2 is 0.826 bits per heavy atom. The molecule has 0 spiro atoms. The van der Waals surface area contributed by atoms with E-state index in [1.54, 1.807) is 0 Å². The Bertz CT molecular complexity index is 1890. The highest BCUT2D eigenvalue weighted by Crippen LogP contribution is 2.55. The highest BCUT2D eigenvalue weighted by molar-refractivity contribution is 7.95. The summed E-state index contributed by atoms with van der Waals surface area (Å²) in [4.78, 5) is 2.35. The van der Waals surface area contributed by atoms with Crippen LogP contribution in [0.1, 0.15) is 16.7 Å². The molecule has 0 saturated heterocycles. The fraction of sp³-hybridized carbons (Fsp3) is 0.0909. The fourth-order valence-corrected chi connectivity index (χ4v) is 10.9. The van der Waals surface area contributed by atoms with E-state index in [9.17, 15) is 0 Å². The van der Waals surface area contributed by atoms with Gasteiger partial charge >= 0.3 is 0 Å². The predicted molar refractivity (Wildman–Crippen MR) is 202 cm³/mol. The van der Waals surface area contributed by atoms with Crippen LogP contribution in [0.2, 0.25) is 0 Å². The molecule has 0 fully saturated rings. The molecule has 0 atom stereocenters. The number of anilines is 3. The van der Waals surface area contributed by atoms with Crippen LogP contribution in [0.4, 0.5) is 17.1 Å². The molecule has 0 aliphatic carbocycles. The van der Waals surface area contributed by atoms with E-state index in [4.69, 9.17) is 0 Å². The molecule has 1 nitrogen and oxygen atoms in total. The van der Waals surface area contributed by atoms with Gasteiger partial charge in [0.25, 0.3) is 0 Å². The molecule has 0 bridgehead atoms. The van der Waals surface area contributed by atoms with E-state index < -0.39 is 7.26 Å². The summed E-state index contributed by atoms with van der Waals surface area (Å²) in [6.45, 7) is 4.28. The molecule has 0 aromatic heterocycles. The molecule has 7 aromatic carbocycles. The zero-order valence-corrected chi connectivity index (χ0v) is 27.4. The first kappa shape index (κ1) is 29.7. The van der Waals surface area contributed by atoms with E-state index in [-0.39, 0.29) is 0 Å². The summed E-state index contributed by atoms with van der Waals surface area (Å²) in [7, 11) is -1.88. The van der Waals surface area contributed by atoms with Crippen LogP contribution in [0, 0.1) is 13.8 Å². The molecular weight excluding hydrogens is 573 g/mol. The average Bonchev–Trinajstić information content (AvgIpc) is 3.12.